The molecule has 0 atom stereocenters. The fourth-order valence-corrected chi connectivity index (χ4v) is 9.98. The molecule has 0 spiro atoms. The molecule has 2 nitrogen and oxygen atoms in total. The minimum Gasteiger partial charge on any atom is -0.147 e. The SMILES string of the molecule is CC[As](CC)C1CCN(c2cc(-c3ccc(Br)cc3)nc3cc(Cl)ccc23)CC1.Cl. The van der Waals surface area contributed by atoms with Crippen LogP contribution in [-0.4, -0.2) is 32.7 Å². The summed E-state index contributed by atoms with van der Waals surface area (Å²) in [5.41, 5.74) is 4.43. The zero-order valence-corrected chi connectivity index (χ0v) is 22.5. The molecular formula is C24H28AsBrCl2N2. The van der Waals surface area contributed by atoms with Gasteiger partial charge in [-0.1, -0.05) is 0 Å². The van der Waals surface area contributed by atoms with Crippen molar-refractivity contribution in [1.82, 2.24) is 4.98 Å². The number of hydrogen-bond acceptors (Lipinski definition) is 2. The molecule has 4 rings (SSSR count). The minimum atomic E-state index is -0.648. The van der Waals surface area contributed by atoms with E-state index >= 15 is 0 Å². The first-order valence-electron chi connectivity index (χ1n) is 10.4. The number of pyridine rings is 1. The van der Waals surface area contributed by atoms with E-state index in [1.54, 1.807) is 0 Å². The van der Waals surface area contributed by atoms with E-state index in [1.807, 2.05) is 12.1 Å². The van der Waals surface area contributed by atoms with E-state index in [-0.39, 0.29) is 12.4 Å². The average Bonchev–Trinajstić information content (AvgIpc) is 2.74. The largest absolute Gasteiger partial charge is 0.147 e. The van der Waals surface area contributed by atoms with E-state index in [4.69, 9.17) is 16.6 Å². The zero-order chi connectivity index (χ0) is 20.4. The molecule has 6 heteroatoms. The van der Waals surface area contributed by atoms with Gasteiger partial charge >= 0.3 is 193 Å². The zero-order valence-electron chi connectivity index (χ0n) is 17.4. The van der Waals surface area contributed by atoms with Crippen molar-refractivity contribution in [3.05, 3.63) is 58.0 Å². The summed E-state index contributed by atoms with van der Waals surface area (Å²) in [4.78, 5) is 7.52. The van der Waals surface area contributed by atoms with Crippen LogP contribution in [-0.2, 0) is 0 Å². The second-order valence-electron chi connectivity index (χ2n) is 7.63. The fourth-order valence-electron chi connectivity index (χ4n) is 4.43. The van der Waals surface area contributed by atoms with Gasteiger partial charge in [-0.3, -0.25) is 0 Å². The van der Waals surface area contributed by atoms with Crippen LogP contribution in [0, 0.1) is 0 Å². The maximum atomic E-state index is 6.31. The first kappa shape index (κ1) is 23.9. The van der Waals surface area contributed by atoms with Gasteiger partial charge in [0.2, 0.25) is 0 Å². The standard InChI is InChI=1S/C24H27AsBrClN2.ClH/c1-3-25(4-2)18-11-13-29(14-12-18)24-16-22(17-5-7-19(26)8-6-17)28-23-15-20(27)9-10-21(23)24;/h5-10,15-16,18H,3-4,11-14H2,1-2H3;1H. The van der Waals surface area contributed by atoms with Crippen molar-refractivity contribution in [2.45, 2.75) is 41.8 Å². The molecule has 1 fully saturated rings. The summed E-state index contributed by atoms with van der Waals surface area (Å²) in [6, 6.07) is 16.8. The number of benzene rings is 2. The Morgan fingerprint density at radius 2 is 1.70 bits per heavy atom. The van der Waals surface area contributed by atoms with Crippen LogP contribution in [0.5, 0.6) is 0 Å². The van der Waals surface area contributed by atoms with Gasteiger partial charge in [-0.05, 0) is 0 Å². The fraction of sp³-hybridized carbons (Fsp3) is 0.375. The van der Waals surface area contributed by atoms with Crippen LogP contribution in [0.15, 0.2) is 53.0 Å². The van der Waals surface area contributed by atoms with Gasteiger partial charge in [-0.25, -0.2) is 0 Å². The third-order valence-corrected chi connectivity index (χ3v) is 13.4. The van der Waals surface area contributed by atoms with Gasteiger partial charge in [0, 0.05) is 0 Å². The second-order valence-corrected chi connectivity index (χ2v) is 15.6. The maximum absolute atomic E-state index is 6.31. The summed E-state index contributed by atoms with van der Waals surface area (Å²) in [5, 5.41) is 4.83. The average molecular weight is 570 g/mol. The van der Waals surface area contributed by atoms with Gasteiger partial charge in [0.15, 0.2) is 0 Å². The molecule has 0 saturated carbocycles. The molecule has 0 unspecified atom stereocenters. The quantitative estimate of drug-likeness (QED) is 0.288. The summed E-state index contributed by atoms with van der Waals surface area (Å²) in [5.74, 6) is 0. The molecule has 1 aromatic heterocycles. The Balaban J connectivity index is 0.00000256. The van der Waals surface area contributed by atoms with Crippen molar-refractivity contribution in [3.63, 3.8) is 0 Å². The second kappa shape index (κ2) is 10.7. The number of nitrogens with zero attached hydrogens (tertiary/aromatic N) is 2. The van der Waals surface area contributed by atoms with Crippen LogP contribution in [0.2, 0.25) is 20.1 Å². The molecule has 0 amide bonds. The third kappa shape index (κ3) is 5.18. The molecule has 1 saturated heterocycles. The molecule has 1 aliphatic heterocycles. The predicted molar refractivity (Wildman–Crippen MR) is 139 cm³/mol. The molecule has 1 aliphatic rings. The molecule has 0 N–H and O–H groups in total. The predicted octanol–water partition coefficient (Wildman–Crippen LogP) is 8.24. The minimum absolute atomic E-state index is 0. The summed E-state index contributed by atoms with van der Waals surface area (Å²) in [6.45, 7) is 7.11. The molecule has 30 heavy (non-hydrogen) atoms. The number of hydrogen-bond donors (Lipinski definition) is 0. The number of halogens is 3. The van der Waals surface area contributed by atoms with Crippen LogP contribution >= 0.6 is 39.9 Å². The van der Waals surface area contributed by atoms with E-state index in [0.29, 0.717) is 0 Å². The molecule has 2 heterocycles. The molecule has 0 bridgehead atoms. The van der Waals surface area contributed by atoms with Gasteiger partial charge in [-0.15, -0.1) is 12.4 Å². The van der Waals surface area contributed by atoms with Gasteiger partial charge < -0.3 is 0 Å². The number of anilines is 1. The summed E-state index contributed by atoms with van der Waals surface area (Å²) >= 11 is 9.19. The van der Waals surface area contributed by atoms with Crippen molar-refractivity contribution in [3.8, 4) is 11.3 Å². The molecule has 2 aromatic carbocycles. The van der Waals surface area contributed by atoms with E-state index in [9.17, 15) is 0 Å². The summed E-state index contributed by atoms with van der Waals surface area (Å²) < 4.78 is 2.08. The van der Waals surface area contributed by atoms with Crippen LogP contribution < -0.4 is 4.90 Å². The van der Waals surface area contributed by atoms with Crippen LogP contribution in [0.1, 0.15) is 26.7 Å². The maximum Gasteiger partial charge on any atom is -0.147 e. The smallest absolute Gasteiger partial charge is 0.147 e. The normalized spacial score (nSPS) is 14.9. The molecule has 0 aliphatic carbocycles. The van der Waals surface area contributed by atoms with Crippen LogP contribution in [0.4, 0.5) is 5.69 Å². The molecule has 0 radical (unpaired) electrons. The van der Waals surface area contributed by atoms with Crippen LogP contribution in [0.3, 0.4) is 0 Å². The van der Waals surface area contributed by atoms with E-state index in [1.165, 1.54) is 34.3 Å². The Kier molecular flexibility index (Phi) is 8.55. The van der Waals surface area contributed by atoms with E-state index < -0.39 is 14.7 Å². The van der Waals surface area contributed by atoms with E-state index in [0.717, 1.165) is 44.1 Å². The molecule has 160 valence electrons. The Bertz CT molecular complexity index is 984. The first-order valence-corrected chi connectivity index (χ1v) is 15.3. The number of piperidine rings is 1. The number of rotatable bonds is 5. The third-order valence-electron chi connectivity index (χ3n) is 6.02. The number of fused-ring (bicyclic) bond motifs is 1. The van der Waals surface area contributed by atoms with Crippen LogP contribution in [0.25, 0.3) is 22.2 Å². The van der Waals surface area contributed by atoms with Crippen molar-refractivity contribution >= 4 is 71.2 Å². The summed E-state index contributed by atoms with van der Waals surface area (Å²) in [7, 11) is 0. The Morgan fingerprint density at radius 1 is 1.03 bits per heavy atom. The monoisotopic (exact) mass is 568 g/mol. The first-order chi connectivity index (χ1) is 14.1. The molecule has 3 aromatic rings. The van der Waals surface area contributed by atoms with Gasteiger partial charge in [0.25, 0.3) is 0 Å². The molecular weight excluding hydrogens is 542 g/mol. The van der Waals surface area contributed by atoms with Crippen molar-refractivity contribution in [2.24, 2.45) is 0 Å². The Labute approximate surface area is 204 Å². The topological polar surface area (TPSA) is 16.1 Å². The van der Waals surface area contributed by atoms with Gasteiger partial charge in [0.05, 0.1) is 0 Å². The van der Waals surface area contributed by atoms with Crippen molar-refractivity contribution in [1.29, 1.82) is 0 Å². The Hall–Kier alpha value is -0.732. The van der Waals surface area contributed by atoms with Gasteiger partial charge in [-0.2, -0.15) is 0 Å². The summed E-state index contributed by atoms with van der Waals surface area (Å²) in [6.07, 6.45) is 2.68. The Morgan fingerprint density at radius 3 is 2.33 bits per heavy atom. The number of aromatic nitrogens is 1. The van der Waals surface area contributed by atoms with Gasteiger partial charge in [0.1, 0.15) is 0 Å². The van der Waals surface area contributed by atoms with Crippen molar-refractivity contribution < 1.29 is 0 Å². The van der Waals surface area contributed by atoms with Crippen molar-refractivity contribution in [2.75, 3.05) is 18.0 Å². The van der Waals surface area contributed by atoms with E-state index in [2.05, 4.69) is 71.1 Å².